The first-order chi connectivity index (χ1) is 7.36. The minimum absolute atomic E-state index is 0.948. The predicted octanol–water partition coefficient (Wildman–Crippen LogP) is 2.11. The van der Waals surface area contributed by atoms with Crippen LogP contribution in [0.2, 0.25) is 6.04 Å². The van der Waals surface area contributed by atoms with Crippen LogP contribution in [0.3, 0.4) is 0 Å². The molecule has 0 bridgehead atoms. The Morgan fingerprint density at radius 3 is 2.60 bits per heavy atom. The lowest BCUT2D eigenvalue weighted by Gasteiger charge is -2.15. The van der Waals surface area contributed by atoms with Gasteiger partial charge in [-0.1, -0.05) is 42.0 Å². The molecule has 0 saturated heterocycles. The van der Waals surface area contributed by atoms with Crippen LogP contribution in [0, 0.1) is 0 Å². The van der Waals surface area contributed by atoms with E-state index in [1.54, 1.807) is 0 Å². The summed E-state index contributed by atoms with van der Waals surface area (Å²) in [6.07, 6.45) is 7.39. The van der Waals surface area contributed by atoms with Crippen LogP contribution in [0.4, 0.5) is 0 Å². The standard InChI is InChI=1S/C13H18OSi/c14-15(13-9-5-2-6-10-13)11-12-7-3-1-4-8-12/h2,5-7,9-10,14-15H,1,3-4,8,11H2. The second-order valence-corrected chi connectivity index (χ2v) is 6.35. The van der Waals surface area contributed by atoms with Crippen molar-refractivity contribution in [3.05, 3.63) is 42.0 Å². The molecule has 1 unspecified atom stereocenters. The molecule has 0 heterocycles. The van der Waals surface area contributed by atoms with Crippen LogP contribution in [0.5, 0.6) is 0 Å². The molecule has 0 aliphatic heterocycles. The fourth-order valence-corrected chi connectivity index (χ4v) is 3.90. The first-order valence-corrected chi connectivity index (χ1v) is 7.68. The number of allylic oxidation sites excluding steroid dienone is 2. The molecule has 2 heteroatoms. The number of rotatable bonds is 3. The molecular formula is C13H18OSi. The summed E-state index contributed by atoms with van der Waals surface area (Å²) in [5.74, 6) is 0. The van der Waals surface area contributed by atoms with Crippen molar-refractivity contribution in [2.45, 2.75) is 31.7 Å². The fourth-order valence-electron chi connectivity index (χ4n) is 2.13. The van der Waals surface area contributed by atoms with Gasteiger partial charge in [0.15, 0.2) is 0 Å². The van der Waals surface area contributed by atoms with Gasteiger partial charge in [-0.15, -0.1) is 0 Å². The van der Waals surface area contributed by atoms with Gasteiger partial charge in [0, 0.05) is 0 Å². The molecule has 0 aromatic heterocycles. The molecule has 0 spiro atoms. The van der Waals surface area contributed by atoms with Crippen LogP contribution < -0.4 is 5.19 Å². The summed E-state index contributed by atoms with van der Waals surface area (Å²) in [7, 11) is -1.70. The number of hydrogen-bond acceptors (Lipinski definition) is 1. The zero-order valence-corrected chi connectivity index (χ0v) is 10.2. The Balaban J connectivity index is 1.97. The van der Waals surface area contributed by atoms with Crippen LogP contribution in [-0.4, -0.2) is 13.8 Å². The van der Waals surface area contributed by atoms with Crippen molar-refractivity contribution >= 4 is 14.2 Å². The maximum absolute atomic E-state index is 10.2. The molecule has 15 heavy (non-hydrogen) atoms. The van der Waals surface area contributed by atoms with Gasteiger partial charge in [-0.2, -0.15) is 0 Å². The molecule has 0 saturated carbocycles. The summed E-state index contributed by atoms with van der Waals surface area (Å²) in [5, 5.41) is 1.17. The zero-order chi connectivity index (χ0) is 10.5. The first kappa shape index (κ1) is 10.6. The summed E-state index contributed by atoms with van der Waals surface area (Å²) < 4.78 is 0. The average molecular weight is 218 g/mol. The number of benzene rings is 1. The Bertz CT molecular complexity index is 332. The normalized spacial score (nSPS) is 18.3. The Morgan fingerprint density at radius 2 is 1.93 bits per heavy atom. The van der Waals surface area contributed by atoms with Crippen molar-refractivity contribution in [3.63, 3.8) is 0 Å². The minimum atomic E-state index is -1.70. The van der Waals surface area contributed by atoms with E-state index in [9.17, 15) is 4.80 Å². The summed E-state index contributed by atoms with van der Waals surface area (Å²) in [5.41, 5.74) is 1.49. The van der Waals surface area contributed by atoms with Crippen molar-refractivity contribution in [3.8, 4) is 0 Å². The lowest BCUT2D eigenvalue weighted by Crippen LogP contribution is -2.30. The van der Waals surface area contributed by atoms with Gasteiger partial charge in [0.25, 0.3) is 0 Å². The van der Waals surface area contributed by atoms with E-state index in [0.717, 1.165) is 6.04 Å². The summed E-state index contributed by atoms with van der Waals surface area (Å²) >= 11 is 0. The third-order valence-corrected chi connectivity index (χ3v) is 5.09. The number of hydrogen-bond donors (Lipinski definition) is 1. The van der Waals surface area contributed by atoms with Crippen LogP contribution >= 0.6 is 0 Å². The van der Waals surface area contributed by atoms with E-state index in [-0.39, 0.29) is 0 Å². The van der Waals surface area contributed by atoms with E-state index in [1.807, 2.05) is 18.2 Å². The second kappa shape index (κ2) is 5.28. The highest BCUT2D eigenvalue weighted by Crippen LogP contribution is 2.21. The Morgan fingerprint density at radius 1 is 1.13 bits per heavy atom. The Labute approximate surface area is 93.2 Å². The van der Waals surface area contributed by atoms with Crippen molar-refractivity contribution in [1.82, 2.24) is 0 Å². The monoisotopic (exact) mass is 218 g/mol. The summed E-state index contributed by atoms with van der Waals surface area (Å²) in [4.78, 5) is 10.2. The predicted molar refractivity (Wildman–Crippen MR) is 66.8 cm³/mol. The highest BCUT2D eigenvalue weighted by molar-refractivity contribution is 6.66. The maximum atomic E-state index is 10.2. The third-order valence-electron chi connectivity index (χ3n) is 3.02. The topological polar surface area (TPSA) is 20.2 Å². The Hall–Kier alpha value is -0.863. The molecule has 1 atom stereocenters. The van der Waals surface area contributed by atoms with E-state index in [4.69, 9.17) is 0 Å². The molecule has 2 rings (SSSR count). The lowest BCUT2D eigenvalue weighted by molar-refractivity contribution is 0.583. The van der Waals surface area contributed by atoms with Gasteiger partial charge in [0.1, 0.15) is 0 Å². The van der Waals surface area contributed by atoms with Crippen LogP contribution in [-0.2, 0) is 0 Å². The molecule has 1 nitrogen and oxygen atoms in total. The van der Waals surface area contributed by atoms with E-state index < -0.39 is 9.04 Å². The van der Waals surface area contributed by atoms with Crippen molar-refractivity contribution in [1.29, 1.82) is 0 Å². The van der Waals surface area contributed by atoms with E-state index >= 15 is 0 Å². The van der Waals surface area contributed by atoms with Crippen molar-refractivity contribution in [2.24, 2.45) is 0 Å². The van der Waals surface area contributed by atoms with Gasteiger partial charge in [-0.25, -0.2) is 0 Å². The van der Waals surface area contributed by atoms with Crippen molar-refractivity contribution in [2.75, 3.05) is 0 Å². The zero-order valence-electron chi connectivity index (χ0n) is 9.02. The maximum Gasteiger partial charge on any atom is 0.208 e. The summed E-state index contributed by atoms with van der Waals surface area (Å²) in [6, 6.07) is 11.1. The van der Waals surface area contributed by atoms with E-state index in [1.165, 1.54) is 36.4 Å². The molecule has 80 valence electrons. The van der Waals surface area contributed by atoms with Crippen LogP contribution in [0.15, 0.2) is 42.0 Å². The van der Waals surface area contributed by atoms with Crippen LogP contribution in [0.1, 0.15) is 25.7 Å². The first-order valence-electron chi connectivity index (χ1n) is 5.77. The van der Waals surface area contributed by atoms with Gasteiger partial charge in [-0.3, -0.25) is 0 Å². The Kier molecular flexibility index (Phi) is 3.75. The summed E-state index contributed by atoms with van der Waals surface area (Å²) in [6.45, 7) is 0. The average Bonchev–Trinajstić information content (AvgIpc) is 2.31. The quantitative estimate of drug-likeness (QED) is 0.608. The molecule has 0 radical (unpaired) electrons. The second-order valence-electron chi connectivity index (χ2n) is 4.24. The molecule has 1 aromatic carbocycles. The minimum Gasteiger partial charge on any atom is -0.430 e. The van der Waals surface area contributed by atoms with Gasteiger partial charge < -0.3 is 4.80 Å². The van der Waals surface area contributed by atoms with E-state index in [0.29, 0.717) is 0 Å². The highest BCUT2D eigenvalue weighted by atomic mass is 28.3. The molecule has 1 aliphatic rings. The molecule has 1 aliphatic carbocycles. The molecule has 0 fully saturated rings. The smallest absolute Gasteiger partial charge is 0.208 e. The molecule has 0 amide bonds. The van der Waals surface area contributed by atoms with Gasteiger partial charge in [0.05, 0.1) is 0 Å². The van der Waals surface area contributed by atoms with Gasteiger partial charge >= 0.3 is 0 Å². The van der Waals surface area contributed by atoms with Gasteiger partial charge in [0.2, 0.25) is 9.04 Å². The SMILES string of the molecule is O[SiH](CC1=CCCCC1)c1ccccc1. The molecular weight excluding hydrogens is 200 g/mol. The third kappa shape index (κ3) is 3.04. The largest absolute Gasteiger partial charge is 0.430 e. The van der Waals surface area contributed by atoms with Gasteiger partial charge in [-0.05, 0) is 36.9 Å². The van der Waals surface area contributed by atoms with E-state index in [2.05, 4.69) is 18.2 Å². The lowest BCUT2D eigenvalue weighted by atomic mass is 10.0. The van der Waals surface area contributed by atoms with Crippen molar-refractivity contribution < 1.29 is 4.80 Å². The molecule has 1 N–H and O–H groups in total. The van der Waals surface area contributed by atoms with Crippen LogP contribution in [0.25, 0.3) is 0 Å². The highest BCUT2D eigenvalue weighted by Gasteiger charge is 2.13. The molecule has 1 aromatic rings. The fraction of sp³-hybridized carbons (Fsp3) is 0.385.